The number of nitrogens with zero attached hydrogens (tertiary/aromatic N) is 1. The zero-order valence-electron chi connectivity index (χ0n) is 22.3. The zero-order chi connectivity index (χ0) is 24.6. The summed E-state index contributed by atoms with van der Waals surface area (Å²) in [5.74, 6) is 2.24. The maximum absolute atomic E-state index is 11.9. The molecule has 2 saturated carbocycles. The normalized spacial score (nSPS) is 46.9. The minimum absolute atomic E-state index is 0.0951. The molecule has 3 aliphatic heterocycles. The molecule has 0 aromatic heterocycles. The van der Waals surface area contributed by atoms with Gasteiger partial charge in [-0.2, -0.15) is 0 Å². The lowest BCUT2D eigenvalue weighted by Crippen LogP contribution is -2.61. The number of rotatable bonds is 5. The smallest absolute Gasteiger partial charge is 0.0750 e. The van der Waals surface area contributed by atoms with Crippen LogP contribution in [0.5, 0.6) is 0 Å². The van der Waals surface area contributed by atoms with Crippen molar-refractivity contribution in [3.63, 3.8) is 0 Å². The van der Waals surface area contributed by atoms with E-state index >= 15 is 0 Å². The summed E-state index contributed by atoms with van der Waals surface area (Å²) in [6.07, 6.45) is 13.2. The SMILES string of the molecule is CC1(C)CN(CCC[C@@H]2C3CCCNC3COC3CC[C@H](O)CC32)CCC1(O)C1CCC(Cl)CC1. The molecule has 3 saturated heterocycles. The topological polar surface area (TPSA) is 65.0 Å². The van der Waals surface area contributed by atoms with Crippen LogP contribution in [0.15, 0.2) is 0 Å². The molecular weight excluding hydrogens is 460 g/mol. The van der Waals surface area contributed by atoms with Crippen LogP contribution in [0.4, 0.5) is 0 Å². The van der Waals surface area contributed by atoms with E-state index in [4.69, 9.17) is 16.3 Å². The molecular formula is C29H51ClN2O3. The molecule has 0 aromatic rings. The molecule has 35 heavy (non-hydrogen) atoms. The quantitative estimate of drug-likeness (QED) is 0.473. The number of ether oxygens (including phenoxy) is 1. The van der Waals surface area contributed by atoms with Gasteiger partial charge in [-0.1, -0.05) is 13.8 Å². The third-order valence-corrected chi connectivity index (χ3v) is 11.4. The predicted molar refractivity (Wildman–Crippen MR) is 142 cm³/mol. The van der Waals surface area contributed by atoms with Crippen LogP contribution < -0.4 is 5.32 Å². The standard InChI is InChI=1S/C29H51ClN2O3/c1-28(2)19-32(16-13-29(28,34)20-7-9-21(30)10-8-20)15-4-6-23-24-5-3-14-31-26(24)18-35-27-12-11-22(33)17-25(23)27/h20-27,31,33-34H,3-19H2,1-2H3/t20?,21?,22-,23+,24?,25?,26?,27?,29?/m0/s1. The van der Waals surface area contributed by atoms with Crippen molar-refractivity contribution in [3.05, 3.63) is 0 Å². The van der Waals surface area contributed by atoms with Crippen molar-refractivity contribution in [1.82, 2.24) is 10.2 Å². The van der Waals surface area contributed by atoms with Crippen molar-refractivity contribution >= 4 is 11.6 Å². The second-order valence-electron chi connectivity index (χ2n) is 13.5. The Kier molecular flexibility index (Phi) is 8.43. The highest BCUT2D eigenvalue weighted by Crippen LogP contribution is 2.49. The Hall–Kier alpha value is 0.0900. The Morgan fingerprint density at radius 3 is 2.63 bits per heavy atom. The lowest BCUT2D eigenvalue weighted by atomic mass is 9.60. The molecule has 5 unspecified atom stereocenters. The lowest BCUT2D eigenvalue weighted by Gasteiger charge is -2.55. The fraction of sp³-hybridized carbons (Fsp3) is 1.00. The van der Waals surface area contributed by atoms with Crippen LogP contribution in [-0.2, 0) is 4.74 Å². The Bertz CT molecular complexity index is 699. The molecule has 3 N–H and O–H groups in total. The molecule has 5 fully saturated rings. The maximum atomic E-state index is 11.9. The number of aliphatic hydroxyl groups excluding tert-OH is 1. The Labute approximate surface area is 218 Å². The highest BCUT2D eigenvalue weighted by Gasteiger charge is 2.52. The van der Waals surface area contributed by atoms with Gasteiger partial charge in [0.15, 0.2) is 0 Å². The van der Waals surface area contributed by atoms with Gasteiger partial charge in [-0.25, -0.2) is 0 Å². The lowest BCUT2D eigenvalue weighted by molar-refractivity contribution is -0.161. The summed E-state index contributed by atoms with van der Waals surface area (Å²) in [4.78, 5) is 2.62. The van der Waals surface area contributed by atoms with E-state index < -0.39 is 5.60 Å². The largest absolute Gasteiger partial charge is 0.393 e. The average molecular weight is 511 g/mol. The highest BCUT2D eigenvalue weighted by molar-refractivity contribution is 6.20. The number of fused-ring (bicyclic) bond motifs is 2. The van der Waals surface area contributed by atoms with Gasteiger partial charge in [0.25, 0.3) is 0 Å². The van der Waals surface area contributed by atoms with Crippen molar-refractivity contribution < 1.29 is 14.9 Å². The summed E-state index contributed by atoms with van der Waals surface area (Å²) in [7, 11) is 0. The summed E-state index contributed by atoms with van der Waals surface area (Å²) in [5.41, 5.74) is -0.659. The van der Waals surface area contributed by atoms with Crippen LogP contribution in [0.25, 0.3) is 0 Å². The van der Waals surface area contributed by atoms with E-state index in [-0.39, 0.29) is 11.5 Å². The molecule has 5 aliphatic rings. The third-order valence-electron chi connectivity index (χ3n) is 11.0. The van der Waals surface area contributed by atoms with Gasteiger partial charge in [-0.3, -0.25) is 0 Å². The second kappa shape index (κ2) is 11.1. The van der Waals surface area contributed by atoms with Crippen LogP contribution in [0.2, 0.25) is 0 Å². The van der Waals surface area contributed by atoms with Gasteiger partial charge in [0.2, 0.25) is 0 Å². The molecule has 7 atom stereocenters. The number of aliphatic hydroxyl groups is 2. The van der Waals surface area contributed by atoms with E-state index in [1.165, 1.54) is 25.7 Å². The molecule has 6 heteroatoms. The van der Waals surface area contributed by atoms with Crippen molar-refractivity contribution in [3.8, 4) is 0 Å². The molecule has 0 amide bonds. The molecule has 202 valence electrons. The fourth-order valence-corrected chi connectivity index (χ4v) is 9.18. The van der Waals surface area contributed by atoms with Crippen LogP contribution in [0.3, 0.4) is 0 Å². The fourth-order valence-electron chi connectivity index (χ4n) is 8.93. The van der Waals surface area contributed by atoms with Gasteiger partial charge in [-0.05, 0) is 114 Å². The van der Waals surface area contributed by atoms with Gasteiger partial charge in [0.05, 0.1) is 24.4 Å². The van der Waals surface area contributed by atoms with E-state index in [9.17, 15) is 10.2 Å². The second-order valence-corrected chi connectivity index (χ2v) is 14.1. The average Bonchev–Trinajstić information content (AvgIpc) is 2.98. The first-order chi connectivity index (χ1) is 16.8. The first-order valence-corrected chi connectivity index (χ1v) is 15.3. The number of piperidine rings is 2. The van der Waals surface area contributed by atoms with Crippen molar-refractivity contribution in [2.75, 3.05) is 32.8 Å². The molecule has 0 spiro atoms. The van der Waals surface area contributed by atoms with Gasteiger partial charge >= 0.3 is 0 Å². The number of hydrogen-bond acceptors (Lipinski definition) is 5. The van der Waals surface area contributed by atoms with Gasteiger partial charge < -0.3 is 25.2 Å². The van der Waals surface area contributed by atoms with Crippen molar-refractivity contribution in [2.24, 2.45) is 29.1 Å². The summed E-state index contributed by atoms with van der Waals surface area (Å²) in [6.45, 7) is 9.66. The monoisotopic (exact) mass is 510 g/mol. The summed E-state index contributed by atoms with van der Waals surface area (Å²) >= 11 is 6.37. The van der Waals surface area contributed by atoms with E-state index in [1.807, 2.05) is 0 Å². The van der Waals surface area contributed by atoms with Crippen LogP contribution in [-0.4, -0.2) is 77.1 Å². The van der Waals surface area contributed by atoms with Crippen molar-refractivity contribution in [1.29, 1.82) is 0 Å². The van der Waals surface area contributed by atoms with E-state index in [1.54, 1.807) is 0 Å². The van der Waals surface area contributed by atoms with Crippen molar-refractivity contribution in [2.45, 2.75) is 120 Å². The van der Waals surface area contributed by atoms with Gasteiger partial charge in [-0.15, -0.1) is 11.6 Å². The maximum Gasteiger partial charge on any atom is 0.0750 e. The van der Waals surface area contributed by atoms with Crippen LogP contribution in [0, 0.1) is 29.1 Å². The first kappa shape index (κ1) is 26.7. The summed E-state index contributed by atoms with van der Waals surface area (Å²) < 4.78 is 6.45. The molecule has 3 heterocycles. The zero-order valence-corrected chi connectivity index (χ0v) is 23.0. The predicted octanol–water partition coefficient (Wildman–Crippen LogP) is 4.57. The van der Waals surface area contributed by atoms with Gasteiger partial charge in [0, 0.05) is 29.9 Å². The van der Waals surface area contributed by atoms with Crippen LogP contribution in [0.1, 0.15) is 90.9 Å². The minimum Gasteiger partial charge on any atom is -0.393 e. The number of halogens is 1. The van der Waals surface area contributed by atoms with E-state index in [0.717, 1.165) is 84.2 Å². The molecule has 0 radical (unpaired) electrons. The Balaban J connectivity index is 1.19. The number of alkyl halides is 1. The minimum atomic E-state index is -0.564. The summed E-state index contributed by atoms with van der Waals surface area (Å²) in [5, 5.41) is 26.4. The number of likely N-dealkylation sites (tertiary alicyclic amines) is 1. The first-order valence-electron chi connectivity index (χ1n) is 14.9. The molecule has 0 aromatic carbocycles. The van der Waals surface area contributed by atoms with E-state index in [2.05, 4.69) is 24.1 Å². The molecule has 0 bridgehead atoms. The number of hydrogen-bond donors (Lipinski definition) is 3. The third kappa shape index (κ3) is 5.61. The number of nitrogens with one attached hydrogen (secondary N) is 1. The van der Waals surface area contributed by atoms with Gasteiger partial charge in [0.1, 0.15) is 0 Å². The Morgan fingerprint density at radius 2 is 1.86 bits per heavy atom. The van der Waals surface area contributed by atoms with Crippen LogP contribution >= 0.6 is 11.6 Å². The highest BCUT2D eigenvalue weighted by atomic mass is 35.5. The molecule has 5 nitrogen and oxygen atoms in total. The van der Waals surface area contributed by atoms with E-state index in [0.29, 0.717) is 41.2 Å². The molecule has 5 rings (SSSR count). The molecule has 2 aliphatic carbocycles. The summed E-state index contributed by atoms with van der Waals surface area (Å²) in [6, 6.07) is 0.489. The Morgan fingerprint density at radius 1 is 1.06 bits per heavy atom.